The van der Waals surface area contributed by atoms with Gasteiger partial charge in [0, 0.05) is 16.4 Å². The molecule has 5 heteroatoms. The quantitative estimate of drug-likeness (QED) is 0.864. The van der Waals surface area contributed by atoms with E-state index < -0.39 is 0 Å². The molecule has 0 aliphatic carbocycles. The van der Waals surface area contributed by atoms with Crippen LogP contribution in [0.1, 0.15) is 16.1 Å². The molecule has 0 amide bonds. The number of aromatic nitrogens is 1. The first-order chi connectivity index (χ1) is 8.63. The molecule has 92 valence electrons. The van der Waals surface area contributed by atoms with Gasteiger partial charge in [0.2, 0.25) is 0 Å². The van der Waals surface area contributed by atoms with E-state index in [2.05, 4.69) is 31.9 Å². The maximum absolute atomic E-state index is 9.21. The Bertz CT molecular complexity index is 601. The van der Waals surface area contributed by atoms with Crippen LogP contribution in [0.5, 0.6) is 0 Å². The van der Waals surface area contributed by atoms with Gasteiger partial charge in [0.1, 0.15) is 6.07 Å². The van der Waals surface area contributed by atoms with Crippen LogP contribution in [-0.4, -0.2) is 12.0 Å². The van der Waals surface area contributed by atoms with Gasteiger partial charge in [0.15, 0.2) is 0 Å². The van der Waals surface area contributed by atoms with E-state index in [4.69, 9.17) is 0 Å². The second-order valence-corrected chi connectivity index (χ2v) is 5.76. The molecule has 0 aliphatic heterocycles. The number of hydrogen-bond acceptors (Lipinski definition) is 4. The summed E-state index contributed by atoms with van der Waals surface area (Å²) in [5.41, 5.74) is 4.51. The van der Waals surface area contributed by atoms with Crippen LogP contribution in [0.3, 0.4) is 0 Å². The molecule has 0 unspecified atom stereocenters. The van der Waals surface area contributed by atoms with Crippen molar-refractivity contribution in [3.63, 3.8) is 0 Å². The number of nitriles is 1. The topological polar surface area (TPSA) is 39.9 Å². The minimum atomic E-state index is 0.669. The first-order valence-corrected chi connectivity index (χ1v) is 7.09. The lowest BCUT2D eigenvalue weighted by molar-refractivity contribution is 0.923. The highest BCUT2D eigenvalue weighted by Crippen LogP contribution is 2.28. The first-order valence-electron chi connectivity index (χ1n) is 5.42. The highest BCUT2D eigenvalue weighted by molar-refractivity contribution is 9.10. The molecule has 3 nitrogen and oxygen atoms in total. The molecule has 1 heterocycles. The molecule has 0 radical (unpaired) electrons. The predicted octanol–water partition coefficient (Wildman–Crippen LogP) is 3.72. The van der Waals surface area contributed by atoms with Gasteiger partial charge in [0.25, 0.3) is 0 Å². The molecule has 0 N–H and O–H groups in total. The van der Waals surface area contributed by atoms with Crippen LogP contribution >= 0.6 is 27.3 Å². The number of anilines is 1. The minimum Gasteiger partial charge on any atom is -0.368 e. The molecular weight excluding hydrogens is 310 g/mol. The highest BCUT2D eigenvalue weighted by Gasteiger charge is 2.12. The van der Waals surface area contributed by atoms with Gasteiger partial charge in [-0.3, -0.25) is 0 Å². The number of thiazole rings is 1. The Labute approximate surface area is 119 Å². The number of aryl methyl sites for hydroxylation is 1. The summed E-state index contributed by atoms with van der Waals surface area (Å²) in [4.78, 5) is 7.54. The molecule has 2 rings (SSSR count). The number of rotatable bonds is 3. The molecule has 0 saturated carbocycles. The maximum atomic E-state index is 9.21. The summed E-state index contributed by atoms with van der Waals surface area (Å²) in [6.07, 6.45) is 0. The largest absolute Gasteiger partial charge is 0.368 e. The van der Waals surface area contributed by atoms with Crippen LogP contribution in [0.4, 0.5) is 5.69 Å². The molecule has 0 spiro atoms. The first kappa shape index (κ1) is 13.1. The lowest BCUT2D eigenvalue weighted by Gasteiger charge is -2.20. The van der Waals surface area contributed by atoms with Crippen molar-refractivity contribution in [2.75, 3.05) is 11.9 Å². The lowest BCUT2D eigenvalue weighted by Crippen LogP contribution is -2.17. The van der Waals surface area contributed by atoms with Crippen molar-refractivity contribution in [3.8, 4) is 6.07 Å². The minimum absolute atomic E-state index is 0.669. The van der Waals surface area contributed by atoms with Gasteiger partial charge in [-0.25, -0.2) is 4.98 Å². The van der Waals surface area contributed by atoms with Crippen molar-refractivity contribution < 1.29 is 0 Å². The van der Waals surface area contributed by atoms with Gasteiger partial charge >= 0.3 is 0 Å². The SMILES string of the molecule is Cc1ncsc1CN(C)c1cccc(Br)c1C#N. The van der Waals surface area contributed by atoms with Crippen LogP contribution in [0.2, 0.25) is 0 Å². The van der Waals surface area contributed by atoms with E-state index >= 15 is 0 Å². The van der Waals surface area contributed by atoms with Crippen molar-refractivity contribution in [2.24, 2.45) is 0 Å². The van der Waals surface area contributed by atoms with E-state index in [1.165, 1.54) is 4.88 Å². The fourth-order valence-corrected chi connectivity index (χ4v) is 2.99. The predicted molar refractivity (Wildman–Crippen MR) is 77.8 cm³/mol. The monoisotopic (exact) mass is 321 g/mol. The third kappa shape index (κ3) is 2.55. The Morgan fingerprint density at radius 2 is 2.28 bits per heavy atom. The van der Waals surface area contributed by atoms with Gasteiger partial charge in [0.05, 0.1) is 29.0 Å². The Hall–Kier alpha value is -1.38. The molecule has 1 aromatic carbocycles. The van der Waals surface area contributed by atoms with E-state index in [0.29, 0.717) is 5.56 Å². The Morgan fingerprint density at radius 3 is 2.89 bits per heavy atom. The van der Waals surface area contributed by atoms with Gasteiger partial charge in [-0.15, -0.1) is 11.3 Å². The maximum Gasteiger partial charge on any atom is 0.103 e. The lowest BCUT2D eigenvalue weighted by atomic mass is 10.2. The van der Waals surface area contributed by atoms with Crippen molar-refractivity contribution in [1.82, 2.24) is 4.98 Å². The fraction of sp³-hybridized carbons (Fsp3) is 0.231. The second-order valence-electron chi connectivity index (χ2n) is 3.96. The zero-order chi connectivity index (χ0) is 13.1. The van der Waals surface area contributed by atoms with Crippen molar-refractivity contribution in [2.45, 2.75) is 13.5 Å². The summed E-state index contributed by atoms with van der Waals surface area (Å²) in [6, 6.07) is 8.02. The van der Waals surface area contributed by atoms with Crippen LogP contribution in [0, 0.1) is 18.3 Å². The van der Waals surface area contributed by atoms with Gasteiger partial charge in [-0.2, -0.15) is 5.26 Å². The molecule has 0 saturated heterocycles. The van der Waals surface area contributed by atoms with Crippen molar-refractivity contribution in [3.05, 3.63) is 44.3 Å². The molecule has 0 bridgehead atoms. The van der Waals surface area contributed by atoms with Crippen molar-refractivity contribution in [1.29, 1.82) is 5.26 Å². The van der Waals surface area contributed by atoms with Crippen LogP contribution in [0.25, 0.3) is 0 Å². The average molecular weight is 322 g/mol. The van der Waals surface area contributed by atoms with E-state index in [-0.39, 0.29) is 0 Å². The Kier molecular flexibility index (Phi) is 4.00. The van der Waals surface area contributed by atoms with Gasteiger partial charge in [-0.05, 0) is 35.0 Å². The molecular formula is C13H12BrN3S. The zero-order valence-corrected chi connectivity index (χ0v) is 12.5. The summed E-state index contributed by atoms with van der Waals surface area (Å²) in [5.74, 6) is 0. The van der Waals surface area contributed by atoms with Crippen molar-refractivity contribution >= 4 is 33.0 Å². The number of nitrogens with zero attached hydrogens (tertiary/aromatic N) is 3. The van der Waals surface area contributed by atoms with E-state index in [9.17, 15) is 5.26 Å². The fourth-order valence-electron chi connectivity index (χ4n) is 1.72. The van der Waals surface area contributed by atoms with E-state index in [1.54, 1.807) is 11.3 Å². The molecule has 0 aliphatic rings. The van der Waals surface area contributed by atoms with E-state index in [1.807, 2.05) is 37.7 Å². The third-order valence-electron chi connectivity index (χ3n) is 2.74. The number of hydrogen-bond donors (Lipinski definition) is 0. The van der Waals surface area contributed by atoms with E-state index in [0.717, 1.165) is 22.4 Å². The zero-order valence-electron chi connectivity index (χ0n) is 10.1. The van der Waals surface area contributed by atoms with Crippen LogP contribution in [0.15, 0.2) is 28.2 Å². The summed E-state index contributed by atoms with van der Waals surface area (Å²) >= 11 is 5.05. The standard InChI is InChI=1S/C13H12BrN3S/c1-9-13(18-8-16-9)7-17(2)12-5-3-4-11(14)10(12)6-15/h3-5,8H,7H2,1-2H3. The second kappa shape index (κ2) is 5.51. The summed E-state index contributed by atoms with van der Waals surface area (Å²) < 4.78 is 0.829. The van der Waals surface area contributed by atoms with Gasteiger partial charge < -0.3 is 4.90 Å². The van der Waals surface area contributed by atoms with Crippen LogP contribution in [-0.2, 0) is 6.54 Å². The smallest absolute Gasteiger partial charge is 0.103 e. The summed E-state index contributed by atoms with van der Waals surface area (Å²) in [5, 5.41) is 9.21. The average Bonchev–Trinajstić information content (AvgIpc) is 2.74. The molecule has 0 atom stereocenters. The molecule has 2 aromatic rings. The number of halogens is 1. The van der Waals surface area contributed by atoms with Crippen LogP contribution < -0.4 is 4.90 Å². The molecule has 18 heavy (non-hydrogen) atoms. The summed E-state index contributed by atoms with van der Waals surface area (Å²) in [6.45, 7) is 2.77. The number of benzene rings is 1. The summed E-state index contributed by atoms with van der Waals surface area (Å²) in [7, 11) is 1.99. The molecule has 1 aromatic heterocycles. The third-order valence-corrected chi connectivity index (χ3v) is 4.32. The normalized spacial score (nSPS) is 10.1. The highest BCUT2D eigenvalue weighted by atomic mass is 79.9. The Morgan fingerprint density at radius 1 is 1.50 bits per heavy atom. The van der Waals surface area contributed by atoms with Gasteiger partial charge in [-0.1, -0.05) is 6.07 Å². The molecule has 0 fully saturated rings. The Balaban J connectivity index is 2.30.